The first-order valence-corrected chi connectivity index (χ1v) is 7.08. The number of aromatic nitrogens is 4. The van der Waals surface area contributed by atoms with Crippen molar-refractivity contribution in [3.05, 3.63) is 40.9 Å². The lowest BCUT2D eigenvalue weighted by Crippen LogP contribution is -2.38. The van der Waals surface area contributed by atoms with Gasteiger partial charge in [0.15, 0.2) is 0 Å². The van der Waals surface area contributed by atoms with Crippen LogP contribution in [0.2, 0.25) is 5.02 Å². The highest BCUT2D eigenvalue weighted by atomic mass is 35.5. The van der Waals surface area contributed by atoms with E-state index in [-0.39, 0.29) is 23.5 Å². The molecule has 22 heavy (non-hydrogen) atoms. The normalized spacial score (nSPS) is 21.0. The molecule has 0 radical (unpaired) electrons. The molecule has 2 atom stereocenters. The van der Waals surface area contributed by atoms with Gasteiger partial charge < -0.3 is 10.1 Å². The lowest BCUT2D eigenvalue weighted by atomic mass is 10.0. The molecule has 0 saturated carbocycles. The lowest BCUT2D eigenvalue weighted by Gasteiger charge is -2.20. The summed E-state index contributed by atoms with van der Waals surface area (Å²) >= 11 is 5.68. The number of amides is 1. The fourth-order valence-electron chi connectivity index (χ4n) is 2.41. The van der Waals surface area contributed by atoms with Crippen molar-refractivity contribution in [3.63, 3.8) is 0 Å². The molecule has 2 unspecified atom stereocenters. The van der Waals surface area contributed by atoms with Gasteiger partial charge in [0.2, 0.25) is 5.91 Å². The summed E-state index contributed by atoms with van der Waals surface area (Å²) < 4.78 is 20.5. The van der Waals surface area contributed by atoms with Crippen molar-refractivity contribution in [1.29, 1.82) is 0 Å². The average Bonchev–Trinajstić information content (AvgIpc) is 3.13. The maximum absolute atomic E-state index is 13.6. The van der Waals surface area contributed by atoms with E-state index in [0.717, 1.165) is 0 Å². The highest BCUT2D eigenvalue weighted by molar-refractivity contribution is 6.30. The van der Waals surface area contributed by atoms with Crippen LogP contribution in [0.15, 0.2) is 24.5 Å². The van der Waals surface area contributed by atoms with Crippen molar-refractivity contribution >= 4 is 17.5 Å². The van der Waals surface area contributed by atoms with Crippen LogP contribution in [0.4, 0.5) is 4.39 Å². The summed E-state index contributed by atoms with van der Waals surface area (Å²) in [5.74, 6) is -0.740. The molecule has 2 heterocycles. The van der Waals surface area contributed by atoms with E-state index in [9.17, 15) is 9.18 Å². The molecule has 0 spiro atoms. The van der Waals surface area contributed by atoms with Crippen LogP contribution < -0.4 is 5.32 Å². The van der Waals surface area contributed by atoms with Crippen LogP contribution in [0.1, 0.15) is 18.1 Å². The molecule has 1 aliphatic rings. The molecular formula is C13H13ClFN5O2. The number of nitrogens with zero attached hydrogens (tertiary/aromatic N) is 4. The third-order valence-corrected chi connectivity index (χ3v) is 3.71. The Morgan fingerprint density at radius 3 is 3.14 bits per heavy atom. The molecule has 2 aromatic rings. The highest BCUT2D eigenvalue weighted by Crippen LogP contribution is 2.31. The third-order valence-electron chi connectivity index (χ3n) is 3.41. The van der Waals surface area contributed by atoms with E-state index in [2.05, 4.69) is 20.8 Å². The van der Waals surface area contributed by atoms with E-state index >= 15 is 0 Å². The van der Waals surface area contributed by atoms with Gasteiger partial charge in [-0.25, -0.2) is 9.07 Å². The number of nitrogens with one attached hydrogen (secondary N) is 1. The van der Waals surface area contributed by atoms with Crippen molar-refractivity contribution in [2.75, 3.05) is 6.61 Å². The van der Waals surface area contributed by atoms with Gasteiger partial charge in [0.05, 0.1) is 11.1 Å². The molecule has 1 saturated heterocycles. The number of hydrogen-bond acceptors (Lipinski definition) is 5. The summed E-state index contributed by atoms with van der Waals surface area (Å²) in [4.78, 5) is 12.0. The molecule has 0 bridgehead atoms. The zero-order valence-electron chi connectivity index (χ0n) is 11.4. The van der Waals surface area contributed by atoms with Crippen LogP contribution >= 0.6 is 11.6 Å². The molecule has 0 aliphatic carbocycles. The Kier molecular flexibility index (Phi) is 4.30. The van der Waals surface area contributed by atoms with Crippen molar-refractivity contribution < 1.29 is 13.9 Å². The van der Waals surface area contributed by atoms with Gasteiger partial charge in [-0.15, -0.1) is 5.10 Å². The van der Waals surface area contributed by atoms with Crippen LogP contribution in [-0.2, 0) is 16.1 Å². The monoisotopic (exact) mass is 325 g/mol. The molecule has 1 N–H and O–H groups in total. The molecule has 1 aromatic carbocycles. The molecule has 3 rings (SSSR count). The number of carbonyl (C=O) groups excluding carboxylic acids is 1. The zero-order valence-corrected chi connectivity index (χ0v) is 12.2. The minimum absolute atomic E-state index is 0.0190. The number of tetrazole rings is 1. The van der Waals surface area contributed by atoms with Crippen LogP contribution in [0.25, 0.3) is 0 Å². The van der Waals surface area contributed by atoms with Crippen molar-refractivity contribution in [2.24, 2.45) is 0 Å². The van der Waals surface area contributed by atoms with Crippen LogP contribution in [0.5, 0.6) is 0 Å². The number of ether oxygens (including phenoxy) is 1. The van der Waals surface area contributed by atoms with Gasteiger partial charge in [-0.2, -0.15) is 0 Å². The Balaban J connectivity index is 1.67. The molecule has 9 heteroatoms. The Morgan fingerprint density at radius 1 is 1.55 bits per heavy atom. The van der Waals surface area contributed by atoms with Gasteiger partial charge in [0.1, 0.15) is 24.8 Å². The van der Waals surface area contributed by atoms with Crippen LogP contribution in [0, 0.1) is 5.82 Å². The molecule has 1 aromatic heterocycles. The minimum Gasteiger partial charge on any atom is -0.371 e. The van der Waals surface area contributed by atoms with Crippen LogP contribution in [-0.4, -0.2) is 38.8 Å². The first-order valence-electron chi connectivity index (χ1n) is 6.70. The fourth-order valence-corrected chi connectivity index (χ4v) is 2.53. The molecule has 1 amide bonds. The maximum Gasteiger partial charge on any atom is 0.242 e. The smallest absolute Gasteiger partial charge is 0.242 e. The second-order valence-corrected chi connectivity index (χ2v) is 5.34. The Hall–Kier alpha value is -2.06. The van der Waals surface area contributed by atoms with E-state index in [0.29, 0.717) is 18.6 Å². The maximum atomic E-state index is 13.6. The molecule has 7 nitrogen and oxygen atoms in total. The average molecular weight is 326 g/mol. The van der Waals surface area contributed by atoms with Gasteiger partial charge >= 0.3 is 0 Å². The third kappa shape index (κ3) is 3.23. The van der Waals surface area contributed by atoms with Crippen molar-refractivity contribution in [3.8, 4) is 0 Å². The zero-order chi connectivity index (χ0) is 15.5. The summed E-state index contributed by atoms with van der Waals surface area (Å²) in [5, 5.41) is 13.5. The summed E-state index contributed by atoms with van der Waals surface area (Å²) in [5.41, 5.74) is 0.645. The standard InChI is InChI=1S/C13H13ClFN5O2/c14-9-2-1-8(5-10(9)15)13-11(3-4-22-13)17-12(21)6-20-7-16-18-19-20/h1-2,5,7,11,13H,3-4,6H2,(H,17,21). The SMILES string of the molecule is O=C(Cn1cnnn1)NC1CCOC1c1ccc(Cl)c(F)c1. The summed E-state index contributed by atoms with van der Waals surface area (Å²) in [6.45, 7) is 0.510. The topological polar surface area (TPSA) is 81.9 Å². The van der Waals surface area contributed by atoms with Crippen molar-refractivity contribution in [1.82, 2.24) is 25.5 Å². The van der Waals surface area contributed by atoms with E-state index in [1.807, 2.05) is 0 Å². The highest BCUT2D eigenvalue weighted by Gasteiger charge is 2.31. The number of hydrogen-bond donors (Lipinski definition) is 1. The molecule has 1 aliphatic heterocycles. The van der Waals surface area contributed by atoms with E-state index < -0.39 is 11.9 Å². The fraction of sp³-hybridized carbons (Fsp3) is 0.385. The van der Waals surface area contributed by atoms with Crippen molar-refractivity contribution in [2.45, 2.75) is 25.1 Å². The van der Waals surface area contributed by atoms with Gasteiger partial charge in [-0.05, 0) is 34.5 Å². The lowest BCUT2D eigenvalue weighted by molar-refractivity contribution is -0.123. The van der Waals surface area contributed by atoms with Gasteiger partial charge in [-0.1, -0.05) is 17.7 Å². The molecular weight excluding hydrogens is 313 g/mol. The summed E-state index contributed by atoms with van der Waals surface area (Å²) in [6.07, 6.45) is 1.61. The number of benzene rings is 1. The number of rotatable bonds is 4. The summed E-state index contributed by atoms with van der Waals surface area (Å²) in [6, 6.07) is 4.28. The number of halogens is 2. The second-order valence-electron chi connectivity index (χ2n) is 4.94. The van der Waals surface area contributed by atoms with Crippen LogP contribution in [0.3, 0.4) is 0 Å². The Bertz CT molecular complexity index is 666. The van der Waals surface area contributed by atoms with Gasteiger partial charge in [0.25, 0.3) is 0 Å². The number of carbonyl (C=O) groups is 1. The summed E-state index contributed by atoms with van der Waals surface area (Å²) in [7, 11) is 0. The molecule has 1 fully saturated rings. The predicted molar refractivity (Wildman–Crippen MR) is 74.5 cm³/mol. The quantitative estimate of drug-likeness (QED) is 0.910. The molecule has 116 valence electrons. The van der Waals surface area contributed by atoms with E-state index in [1.165, 1.54) is 23.1 Å². The van der Waals surface area contributed by atoms with Gasteiger partial charge in [-0.3, -0.25) is 4.79 Å². The predicted octanol–water partition coefficient (Wildman–Crippen LogP) is 1.11. The Morgan fingerprint density at radius 2 is 2.41 bits per heavy atom. The largest absolute Gasteiger partial charge is 0.371 e. The van der Waals surface area contributed by atoms with Gasteiger partial charge in [0, 0.05) is 6.61 Å². The first-order chi connectivity index (χ1) is 10.6. The Labute approximate surface area is 130 Å². The van der Waals surface area contributed by atoms with E-state index in [4.69, 9.17) is 16.3 Å². The second kappa shape index (κ2) is 6.37. The minimum atomic E-state index is -0.506. The van der Waals surface area contributed by atoms with E-state index in [1.54, 1.807) is 6.07 Å². The first kappa shape index (κ1) is 14.9.